The Labute approximate surface area is 143 Å². The lowest BCUT2D eigenvalue weighted by Crippen LogP contribution is -2.45. The molecule has 0 saturated heterocycles. The zero-order valence-corrected chi connectivity index (χ0v) is 15.6. The second-order valence-electron chi connectivity index (χ2n) is 7.16. The predicted molar refractivity (Wildman–Crippen MR) is 97.0 cm³/mol. The molecule has 6 nitrogen and oxygen atoms in total. The van der Waals surface area contributed by atoms with Gasteiger partial charge in [-0.25, -0.2) is 0 Å². The minimum Gasteiger partial charge on any atom is -0.370 e. The Morgan fingerprint density at radius 3 is 2.65 bits per heavy atom. The van der Waals surface area contributed by atoms with Crippen molar-refractivity contribution in [3.05, 3.63) is 5.82 Å². The summed E-state index contributed by atoms with van der Waals surface area (Å²) >= 11 is 1.69. The number of thioether (sulfide) groups is 1. The van der Waals surface area contributed by atoms with E-state index in [-0.39, 0.29) is 5.54 Å². The standard InChI is InChI=1S/C16H30N6S/c1-16(2,3)19-14(17)18-11-7-10-13-20-21-15(23-4)22(13)12-8-5-6-9-12/h12H,5-11H2,1-4H3,(H3,17,18,19). The number of nitrogens with zero attached hydrogens (tertiary/aromatic N) is 4. The molecule has 0 aliphatic heterocycles. The first-order valence-corrected chi connectivity index (χ1v) is 9.69. The third-order valence-electron chi connectivity index (χ3n) is 3.95. The maximum Gasteiger partial charge on any atom is 0.191 e. The Balaban J connectivity index is 1.91. The van der Waals surface area contributed by atoms with Crippen LogP contribution >= 0.6 is 11.8 Å². The highest BCUT2D eigenvalue weighted by Crippen LogP contribution is 2.33. The van der Waals surface area contributed by atoms with Crippen molar-refractivity contribution in [2.45, 2.75) is 76.0 Å². The molecule has 2 rings (SSSR count). The van der Waals surface area contributed by atoms with Gasteiger partial charge in [-0.2, -0.15) is 0 Å². The van der Waals surface area contributed by atoms with Gasteiger partial charge in [0.25, 0.3) is 0 Å². The SMILES string of the molecule is CSc1nnc(CCCN=C(N)NC(C)(C)C)n1C1CCCC1. The van der Waals surface area contributed by atoms with Gasteiger partial charge in [-0.05, 0) is 46.3 Å². The molecule has 0 atom stereocenters. The zero-order chi connectivity index (χ0) is 16.9. The quantitative estimate of drug-likeness (QED) is 0.361. The van der Waals surface area contributed by atoms with Gasteiger partial charge in [-0.1, -0.05) is 24.6 Å². The Morgan fingerprint density at radius 2 is 2.04 bits per heavy atom. The summed E-state index contributed by atoms with van der Waals surface area (Å²) in [4.78, 5) is 4.40. The van der Waals surface area contributed by atoms with Crippen LogP contribution in [0.25, 0.3) is 0 Å². The molecule has 3 N–H and O–H groups in total. The second-order valence-corrected chi connectivity index (χ2v) is 7.93. The topological polar surface area (TPSA) is 81.1 Å². The number of hydrogen-bond acceptors (Lipinski definition) is 4. The lowest BCUT2D eigenvalue weighted by atomic mass is 10.1. The summed E-state index contributed by atoms with van der Waals surface area (Å²) in [5.41, 5.74) is 5.84. The molecule has 1 saturated carbocycles. The zero-order valence-electron chi connectivity index (χ0n) is 14.8. The number of nitrogens with one attached hydrogen (secondary N) is 1. The summed E-state index contributed by atoms with van der Waals surface area (Å²) in [6.45, 7) is 6.93. The average Bonchev–Trinajstić information content (AvgIpc) is 3.10. The molecule has 0 unspecified atom stereocenters. The van der Waals surface area contributed by atoms with Gasteiger partial charge < -0.3 is 15.6 Å². The number of aliphatic imine (C=N–C) groups is 1. The van der Waals surface area contributed by atoms with Crippen molar-refractivity contribution in [2.75, 3.05) is 12.8 Å². The molecule has 1 fully saturated rings. The fourth-order valence-corrected chi connectivity index (χ4v) is 3.58. The van der Waals surface area contributed by atoms with E-state index < -0.39 is 0 Å². The highest BCUT2D eigenvalue weighted by atomic mass is 32.2. The van der Waals surface area contributed by atoms with Crippen LogP contribution in [0.5, 0.6) is 0 Å². The van der Waals surface area contributed by atoms with Crippen LogP contribution < -0.4 is 11.1 Å². The van der Waals surface area contributed by atoms with Crippen molar-refractivity contribution in [1.29, 1.82) is 0 Å². The number of aromatic nitrogens is 3. The molecule has 1 aliphatic carbocycles. The van der Waals surface area contributed by atoms with E-state index in [1.54, 1.807) is 11.8 Å². The maximum atomic E-state index is 5.90. The van der Waals surface area contributed by atoms with E-state index in [0.29, 0.717) is 18.5 Å². The Kier molecular flexibility index (Phi) is 6.33. The second kappa shape index (κ2) is 8.04. The number of nitrogens with two attached hydrogens (primary N) is 1. The molecule has 0 amide bonds. The summed E-state index contributed by atoms with van der Waals surface area (Å²) in [7, 11) is 0. The minimum atomic E-state index is -0.0521. The number of aryl methyl sites for hydroxylation is 1. The van der Waals surface area contributed by atoms with Gasteiger partial charge in [0.2, 0.25) is 0 Å². The molecular weight excluding hydrogens is 308 g/mol. The lowest BCUT2D eigenvalue weighted by Gasteiger charge is -2.21. The van der Waals surface area contributed by atoms with Gasteiger partial charge in [0.05, 0.1) is 0 Å². The first-order chi connectivity index (χ1) is 10.9. The summed E-state index contributed by atoms with van der Waals surface area (Å²) in [6.07, 6.45) is 9.04. The number of guanidine groups is 1. The van der Waals surface area contributed by atoms with E-state index >= 15 is 0 Å². The molecule has 23 heavy (non-hydrogen) atoms. The highest BCUT2D eigenvalue weighted by molar-refractivity contribution is 7.98. The first kappa shape index (κ1) is 18.1. The summed E-state index contributed by atoms with van der Waals surface area (Å²) in [6, 6.07) is 0.582. The Bertz CT molecular complexity index is 525. The average molecular weight is 339 g/mol. The van der Waals surface area contributed by atoms with Crippen LogP contribution in [-0.4, -0.2) is 39.1 Å². The van der Waals surface area contributed by atoms with Gasteiger partial charge in [-0.3, -0.25) is 4.99 Å². The largest absolute Gasteiger partial charge is 0.370 e. The van der Waals surface area contributed by atoms with E-state index in [2.05, 4.69) is 52.1 Å². The van der Waals surface area contributed by atoms with Gasteiger partial charge in [0.1, 0.15) is 5.82 Å². The van der Waals surface area contributed by atoms with Crippen LogP contribution in [0.4, 0.5) is 0 Å². The van der Waals surface area contributed by atoms with Crippen molar-refractivity contribution < 1.29 is 0 Å². The molecule has 0 radical (unpaired) electrons. The van der Waals surface area contributed by atoms with E-state index in [1.165, 1.54) is 25.7 Å². The smallest absolute Gasteiger partial charge is 0.191 e. The molecule has 7 heteroatoms. The molecule has 1 aromatic heterocycles. The summed E-state index contributed by atoms with van der Waals surface area (Å²) in [5, 5.41) is 13.0. The van der Waals surface area contributed by atoms with Gasteiger partial charge in [-0.15, -0.1) is 10.2 Å². The highest BCUT2D eigenvalue weighted by Gasteiger charge is 2.23. The fraction of sp³-hybridized carbons (Fsp3) is 0.812. The third kappa shape index (κ3) is 5.41. The molecule has 1 heterocycles. The fourth-order valence-electron chi connectivity index (χ4n) is 3.01. The lowest BCUT2D eigenvalue weighted by molar-refractivity contribution is 0.461. The van der Waals surface area contributed by atoms with Gasteiger partial charge >= 0.3 is 0 Å². The molecule has 0 aromatic carbocycles. The maximum absolute atomic E-state index is 5.90. The van der Waals surface area contributed by atoms with Crippen LogP contribution in [0.2, 0.25) is 0 Å². The third-order valence-corrected chi connectivity index (χ3v) is 4.59. The van der Waals surface area contributed by atoms with Crippen LogP contribution in [-0.2, 0) is 6.42 Å². The van der Waals surface area contributed by atoms with Crippen molar-refractivity contribution >= 4 is 17.7 Å². The van der Waals surface area contributed by atoms with E-state index in [4.69, 9.17) is 5.73 Å². The Hall–Kier alpha value is -1.24. The van der Waals surface area contributed by atoms with E-state index in [0.717, 1.165) is 23.8 Å². The van der Waals surface area contributed by atoms with E-state index in [1.807, 2.05) is 0 Å². The van der Waals surface area contributed by atoms with Crippen LogP contribution in [0.15, 0.2) is 10.1 Å². The van der Waals surface area contributed by atoms with Crippen molar-refractivity contribution in [3.8, 4) is 0 Å². The van der Waals surface area contributed by atoms with Crippen molar-refractivity contribution in [2.24, 2.45) is 10.7 Å². The molecule has 130 valence electrons. The number of hydrogen-bond donors (Lipinski definition) is 2. The molecule has 0 bridgehead atoms. The van der Waals surface area contributed by atoms with Crippen molar-refractivity contribution in [3.63, 3.8) is 0 Å². The summed E-state index contributed by atoms with van der Waals surface area (Å²) in [5.74, 6) is 1.61. The van der Waals surface area contributed by atoms with Crippen LogP contribution in [0, 0.1) is 0 Å². The molecule has 1 aliphatic rings. The normalized spacial score (nSPS) is 17.0. The Morgan fingerprint density at radius 1 is 1.35 bits per heavy atom. The predicted octanol–water partition coefficient (Wildman–Crippen LogP) is 2.75. The molecular formula is C16H30N6S. The number of rotatable bonds is 6. The first-order valence-electron chi connectivity index (χ1n) is 8.46. The van der Waals surface area contributed by atoms with Crippen LogP contribution in [0.1, 0.15) is 64.7 Å². The minimum absolute atomic E-state index is 0.0521. The molecule has 0 spiro atoms. The van der Waals surface area contributed by atoms with Crippen LogP contribution in [0.3, 0.4) is 0 Å². The van der Waals surface area contributed by atoms with Crippen molar-refractivity contribution in [1.82, 2.24) is 20.1 Å². The molecule has 1 aromatic rings. The van der Waals surface area contributed by atoms with Gasteiger partial charge in [0, 0.05) is 24.5 Å². The van der Waals surface area contributed by atoms with E-state index in [9.17, 15) is 0 Å². The van der Waals surface area contributed by atoms with Gasteiger partial charge in [0.15, 0.2) is 11.1 Å². The monoisotopic (exact) mass is 338 g/mol. The summed E-state index contributed by atoms with van der Waals surface area (Å²) < 4.78 is 2.36.